The number of aromatic nitrogens is 2. The molecule has 0 saturated heterocycles. The first-order valence-electron chi connectivity index (χ1n) is 14.7. The molecule has 0 spiro atoms. The Balaban J connectivity index is 1.42. The van der Waals surface area contributed by atoms with Crippen LogP contribution in [-0.4, -0.2) is 57.1 Å². The number of aryl methyl sites for hydroxylation is 1. The predicted octanol–water partition coefficient (Wildman–Crippen LogP) is 2.99. The number of hydrogen-bond donors (Lipinski definition) is 6. The van der Waals surface area contributed by atoms with E-state index in [2.05, 4.69) is 31.5 Å². The summed E-state index contributed by atoms with van der Waals surface area (Å²) in [7, 11) is 0. The van der Waals surface area contributed by atoms with Crippen LogP contribution >= 0.6 is 0 Å². The van der Waals surface area contributed by atoms with E-state index >= 15 is 0 Å². The number of fused-ring (bicyclic) bond motifs is 12. The molecule has 0 fully saturated rings. The molecule has 0 saturated carbocycles. The van der Waals surface area contributed by atoms with Gasteiger partial charge in [0.15, 0.2) is 0 Å². The Morgan fingerprint density at radius 1 is 0.978 bits per heavy atom. The van der Waals surface area contributed by atoms with Crippen molar-refractivity contribution in [1.82, 2.24) is 31.5 Å². The van der Waals surface area contributed by atoms with Gasteiger partial charge in [-0.3, -0.25) is 24.3 Å². The zero-order valence-electron chi connectivity index (χ0n) is 25.4. The number of ether oxygens (including phenoxy) is 1. The number of H-pyrrole nitrogens is 1. The Labute approximate surface area is 259 Å². The Kier molecular flexibility index (Phi) is 9.03. The summed E-state index contributed by atoms with van der Waals surface area (Å²) in [5, 5.41) is 29.5. The monoisotopic (exact) mass is 612 g/mol. The van der Waals surface area contributed by atoms with Crippen LogP contribution in [0.4, 0.5) is 0 Å². The van der Waals surface area contributed by atoms with E-state index in [1.54, 1.807) is 38.1 Å². The maximum atomic E-state index is 13.5. The summed E-state index contributed by atoms with van der Waals surface area (Å²) in [5.74, 6) is -2.14. The first-order chi connectivity index (χ1) is 21.5. The zero-order chi connectivity index (χ0) is 32.2. The van der Waals surface area contributed by atoms with Crippen molar-refractivity contribution in [3.05, 3.63) is 83.0 Å². The Hall–Kier alpha value is -5.39. The lowest BCUT2D eigenvalue weighted by Crippen LogP contribution is -2.57. The van der Waals surface area contributed by atoms with E-state index in [9.17, 15) is 24.3 Å². The average Bonchev–Trinajstić information content (AvgIpc) is 3.41. The number of nitrogens with one attached hydrogen (secondary N) is 5. The first-order valence-corrected chi connectivity index (χ1v) is 14.7. The van der Waals surface area contributed by atoms with Gasteiger partial charge in [0.1, 0.15) is 35.4 Å². The molecular weight excluding hydrogens is 576 g/mol. The van der Waals surface area contributed by atoms with Crippen molar-refractivity contribution >= 4 is 34.5 Å². The minimum Gasteiger partial charge on any atom is -0.507 e. The van der Waals surface area contributed by atoms with E-state index in [-0.39, 0.29) is 30.2 Å². The van der Waals surface area contributed by atoms with Gasteiger partial charge in [-0.05, 0) is 67.8 Å². The molecule has 4 aromatic rings. The highest BCUT2D eigenvalue weighted by atomic mass is 16.5. The molecule has 6 rings (SSSR count). The van der Waals surface area contributed by atoms with Gasteiger partial charge in [-0.25, -0.2) is 0 Å². The van der Waals surface area contributed by atoms with Crippen LogP contribution in [0.25, 0.3) is 10.9 Å². The predicted molar refractivity (Wildman–Crippen MR) is 167 cm³/mol. The van der Waals surface area contributed by atoms with Gasteiger partial charge in [0.05, 0.1) is 23.3 Å². The molecule has 4 bridgehead atoms. The summed E-state index contributed by atoms with van der Waals surface area (Å²) in [6.45, 7) is 7.12. The van der Waals surface area contributed by atoms with E-state index in [1.807, 2.05) is 25.1 Å². The van der Waals surface area contributed by atoms with Gasteiger partial charge < -0.3 is 31.1 Å². The molecule has 3 heterocycles. The number of amides is 4. The Morgan fingerprint density at radius 3 is 2.44 bits per heavy atom. The molecule has 0 radical (unpaired) electrons. The molecule has 12 nitrogen and oxygen atoms in total. The standard InChI is InChI=1S/C33H36N6O6/c1-17(2)29-33(44)35-19(4)30(41)36-26(32(43)34-16-27-23-13-18(3)5-11-25(23)38-39-27)14-20-6-8-21(9-7-20)45-22-10-12-28(40)24(15-22)31(42)37-29/h5-13,15,17,19,26,29,40H,14,16H2,1-4H3,(H,34,43)(H,35,44)(H,36,41)(H,37,42)(H,38,39)/t19-,26-,29-/m0/s1. The van der Waals surface area contributed by atoms with Crippen molar-refractivity contribution in [3.63, 3.8) is 0 Å². The Bertz CT molecular complexity index is 1750. The molecule has 45 heavy (non-hydrogen) atoms. The lowest BCUT2D eigenvalue weighted by molar-refractivity contribution is -0.132. The van der Waals surface area contributed by atoms with Crippen LogP contribution in [0.1, 0.15) is 48.0 Å². The second-order valence-corrected chi connectivity index (χ2v) is 11.6. The molecule has 4 amide bonds. The van der Waals surface area contributed by atoms with Gasteiger partial charge in [-0.2, -0.15) is 5.10 Å². The van der Waals surface area contributed by atoms with Gasteiger partial charge in [0.25, 0.3) is 5.91 Å². The van der Waals surface area contributed by atoms with Crippen LogP contribution in [0.3, 0.4) is 0 Å². The number of phenols is 1. The number of phenolic OH excluding ortho intramolecular Hbond substituents is 1. The van der Waals surface area contributed by atoms with Crippen LogP contribution in [0.15, 0.2) is 60.7 Å². The number of carbonyl (C=O) groups excluding carboxylic acids is 4. The summed E-state index contributed by atoms with van der Waals surface area (Å²) < 4.78 is 5.92. The fraction of sp³-hybridized carbons (Fsp3) is 0.303. The van der Waals surface area contributed by atoms with Gasteiger partial charge in [-0.1, -0.05) is 37.6 Å². The molecule has 3 atom stereocenters. The van der Waals surface area contributed by atoms with Crippen molar-refractivity contribution < 1.29 is 29.0 Å². The average molecular weight is 613 g/mol. The molecule has 2 aliphatic heterocycles. The number of carbonyl (C=O) groups is 4. The fourth-order valence-corrected chi connectivity index (χ4v) is 5.07. The molecule has 0 unspecified atom stereocenters. The van der Waals surface area contributed by atoms with Crippen LogP contribution in [0.5, 0.6) is 17.2 Å². The van der Waals surface area contributed by atoms with E-state index in [1.165, 1.54) is 25.1 Å². The summed E-state index contributed by atoms with van der Waals surface area (Å²) in [5.41, 5.74) is 3.24. The van der Waals surface area contributed by atoms with E-state index in [0.29, 0.717) is 11.5 Å². The van der Waals surface area contributed by atoms with Gasteiger partial charge in [-0.15, -0.1) is 0 Å². The molecule has 12 heteroatoms. The maximum absolute atomic E-state index is 13.5. The summed E-state index contributed by atoms with van der Waals surface area (Å²) in [4.78, 5) is 53.2. The number of aromatic hydroxyl groups is 1. The summed E-state index contributed by atoms with van der Waals surface area (Å²) in [6.07, 6.45) is 0.162. The van der Waals surface area contributed by atoms with E-state index in [4.69, 9.17) is 4.74 Å². The quantitative estimate of drug-likeness (QED) is 0.192. The molecule has 3 aromatic carbocycles. The topological polar surface area (TPSA) is 175 Å². The summed E-state index contributed by atoms with van der Waals surface area (Å²) >= 11 is 0. The van der Waals surface area contributed by atoms with Crippen molar-refractivity contribution in [2.45, 2.75) is 58.8 Å². The molecule has 1 aromatic heterocycles. The molecule has 2 aliphatic rings. The fourth-order valence-electron chi connectivity index (χ4n) is 5.07. The molecule has 6 N–H and O–H groups in total. The molecule has 234 valence electrons. The number of aromatic amines is 1. The first kappa shape index (κ1) is 31.0. The Morgan fingerprint density at radius 2 is 1.71 bits per heavy atom. The van der Waals surface area contributed by atoms with Crippen LogP contribution in [-0.2, 0) is 27.3 Å². The second-order valence-electron chi connectivity index (χ2n) is 11.6. The second kappa shape index (κ2) is 13.1. The van der Waals surface area contributed by atoms with Crippen molar-refractivity contribution in [2.24, 2.45) is 5.92 Å². The smallest absolute Gasteiger partial charge is 0.255 e. The largest absolute Gasteiger partial charge is 0.507 e. The number of benzene rings is 3. The van der Waals surface area contributed by atoms with Gasteiger partial charge >= 0.3 is 0 Å². The molecular formula is C33H36N6O6. The highest BCUT2D eigenvalue weighted by Crippen LogP contribution is 2.28. The maximum Gasteiger partial charge on any atom is 0.255 e. The molecule has 0 aliphatic carbocycles. The summed E-state index contributed by atoms with van der Waals surface area (Å²) in [6, 6.07) is 14.0. The lowest BCUT2D eigenvalue weighted by atomic mass is 10.0. The third kappa shape index (κ3) is 7.23. The third-order valence-electron chi connectivity index (χ3n) is 7.66. The van der Waals surface area contributed by atoms with E-state index in [0.717, 1.165) is 27.7 Å². The number of nitrogens with zero attached hydrogens (tertiary/aromatic N) is 1. The minimum absolute atomic E-state index is 0.0680. The highest BCUT2D eigenvalue weighted by Gasteiger charge is 2.30. The normalized spacial score (nSPS) is 19.2. The van der Waals surface area contributed by atoms with Crippen LogP contribution in [0.2, 0.25) is 0 Å². The zero-order valence-corrected chi connectivity index (χ0v) is 25.4. The van der Waals surface area contributed by atoms with Crippen molar-refractivity contribution in [1.29, 1.82) is 0 Å². The minimum atomic E-state index is -1.03. The van der Waals surface area contributed by atoms with E-state index < -0.39 is 41.8 Å². The number of rotatable bonds is 4. The van der Waals surface area contributed by atoms with Gasteiger partial charge in [0.2, 0.25) is 17.7 Å². The SMILES string of the molecule is Cc1ccc2n[nH]c(CNC(=O)[C@@H]3Cc4ccc(cc4)Oc4ccc(O)c(c4)C(=O)N[C@@H](C(C)C)C(=O)N[C@@H](C)C(=O)N3)c2c1. The van der Waals surface area contributed by atoms with Crippen molar-refractivity contribution in [3.8, 4) is 17.2 Å². The van der Waals surface area contributed by atoms with Crippen LogP contribution < -0.4 is 26.0 Å². The number of hydrogen-bond acceptors (Lipinski definition) is 7. The highest BCUT2D eigenvalue weighted by molar-refractivity contribution is 6.00. The van der Waals surface area contributed by atoms with Gasteiger partial charge in [0, 0.05) is 11.8 Å². The van der Waals surface area contributed by atoms with Crippen molar-refractivity contribution in [2.75, 3.05) is 0 Å². The lowest BCUT2D eigenvalue weighted by Gasteiger charge is -2.25. The van der Waals surface area contributed by atoms with Crippen LogP contribution in [0, 0.1) is 12.8 Å². The third-order valence-corrected chi connectivity index (χ3v) is 7.66.